The number of aliphatic hydroxyl groups excluding tert-OH is 1. The fourth-order valence-electron chi connectivity index (χ4n) is 2.40. The summed E-state index contributed by atoms with van der Waals surface area (Å²) in [5, 5.41) is 12.9. The first-order valence-corrected chi connectivity index (χ1v) is 7.76. The van der Waals surface area contributed by atoms with Crippen LogP contribution in [0.3, 0.4) is 0 Å². The van der Waals surface area contributed by atoms with Crippen LogP contribution in [-0.4, -0.2) is 29.7 Å². The van der Waals surface area contributed by atoms with Gasteiger partial charge >= 0.3 is 0 Å². The van der Waals surface area contributed by atoms with Crippen LogP contribution in [0.4, 0.5) is 0 Å². The number of oxazole rings is 1. The maximum atomic E-state index is 12.2. The highest BCUT2D eigenvalue weighted by Gasteiger charge is 2.12. The number of nitrogens with zero attached hydrogens (tertiary/aromatic N) is 1. The number of carbonyl (C=O) groups excluding carboxylic acids is 1. The highest BCUT2D eigenvalue weighted by molar-refractivity contribution is 5.94. The third-order valence-electron chi connectivity index (χ3n) is 3.80. The van der Waals surface area contributed by atoms with Crippen LogP contribution in [0.2, 0.25) is 0 Å². The van der Waals surface area contributed by atoms with Gasteiger partial charge in [0.15, 0.2) is 12.2 Å². The highest BCUT2D eigenvalue weighted by atomic mass is 16.5. The third kappa shape index (κ3) is 4.05. The normalized spacial score (nSPS) is 11.8. The maximum absolute atomic E-state index is 12.2. The van der Waals surface area contributed by atoms with Gasteiger partial charge in [-0.05, 0) is 29.8 Å². The number of ether oxygens (including phenoxy) is 1. The van der Waals surface area contributed by atoms with E-state index in [2.05, 4.69) is 10.3 Å². The molecule has 3 aromatic rings. The van der Waals surface area contributed by atoms with Crippen molar-refractivity contribution in [2.45, 2.75) is 6.10 Å². The van der Waals surface area contributed by atoms with Crippen LogP contribution in [-0.2, 0) is 0 Å². The highest BCUT2D eigenvalue weighted by Crippen LogP contribution is 2.20. The summed E-state index contributed by atoms with van der Waals surface area (Å²) >= 11 is 0. The standard InChI is InChI=1S/C19H18N2O4/c1-24-16-4-2-3-15(9-16)17(22)10-21-19(23)14-7-5-13(6-8-14)18-11-20-12-25-18/h2-9,11-12,17,22H,10H2,1H3,(H,21,23). The lowest BCUT2D eigenvalue weighted by Gasteiger charge is -2.13. The quantitative estimate of drug-likeness (QED) is 0.722. The molecule has 6 nitrogen and oxygen atoms in total. The second kappa shape index (κ2) is 7.63. The molecule has 1 atom stereocenters. The van der Waals surface area contributed by atoms with Crippen molar-refractivity contribution >= 4 is 5.91 Å². The zero-order chi connectivity index (χ0) is 17.6. The SMILES string of the molecule is COc1cccc(C(O)CNC(=O)c2ccc(-c3cnco3)cc2)c1. The number of hydrogen-bond donors (Lipinski definition) is 2. The van der Waals surface area contributed by atoms with Gasteiger partial charge in [-0.1, -0.05) is 24.3 Å². The third-order valence-corrected chi connectivity index (χ3v) is 3.80. The molecule has 0 spiro atoms. The largest absolute Gasteiger partial charge is 0.497 e. The fraction of sp³-hybridized carbons (Fsp3) is 0.158. The Morgan fingerprint density at radius 2 is 2.08 bits per heavy atom. The van der Waals surface area contributed by atoms with E-state index in [4.69, 9.17) is 9.15 Å². The summed E-state index contributed by atoms with van der Waals surface area (Å²) in [7, 11) is 1.57. The molecule has 1 amide bonds. The van der Waals surface area contributed by atoms with Crippen molar-refractivity contribution in [2.75, 3.05) is 13.7 Å². The van der Waals surface area contributed by atoms with Crippen LogP contribution in [0.25, 0.3) is 11.3 Å². The molecule has 2 N–H and O–H groups in total. The molecule has 1 aromatic heterocycles. The van der Waals surface area contributed by atoms with E-state index in [0.717, 1.165) is 5.56 Å². The second-order valence-electron chi connectivity index (χ2n) is 5.45. The monoisotopic (exact) mass is 338 g/mol. The van der Waals surface area contributed by atoms with E-state index < -0.39 is 6.10 Å². The Balaban J connectivity index is 1.60. The van der Waals surface area contributed by atoms with Crippen molar-refractivity contribution in [3.8, 4) is 17.1 Å². The first-order valence-electron chi connectivity index (χ1n) is 7.76. The Morgan fingerprint density at radius 3 is 2.76 bits per heavy atom. The summed E-state index contributed by atoms with van der Waals surface area (Å²) in [6, 6.07) is 14.1. The number of nitrogens with one attached hydrogen (secondary N) is 1. The lowest BCUT2D eigenvalue weighted by atomic mass is 10.1. The summed E-state index contributed by atoms with van der Waals surface area (Å²) in [5.74, 6) is 1.04. The van der Waals surface area contributed by atoms with E-state index in [1.54, 1.807) is 61.8 Å². The van der Waals surface area contributed by atoms with Crippen LogP contribution in [0.5, 0.6) is 5.75 Å². The first kappa shape index (κ1) is 16.7. The van der Waals surface area contributed by atoms with Crippen LogP contribution >= 0.6 is 0 Å². The van der Waals surface area contributed by atoms with Gasteiger partial charge < -0.3 is 19.6 Å². The number of methoxy groups -OCH3 is 1. The van der Waals surface area contributed by atoms with Crippen molar-refractivity contribution in [3.63, 3.8) is 0 Å². The number of benzene rings is 2. The molecular weight excluding hydrogens is 320 g/mol. The van der Waals surface area contributed by atoms with Gasteiger partial charge in [-0.25, -0.2) is 4.98 Å². The molecule has 0 radical (unpaired) electrons. The predicted octanol–water partition coefficient (Wildman–Crippen LogP) is 2.81. The van der Waals surface area contributed by atoms with E-state index in [0.29, 0.717) is 22.6 Å². The summed E-state index contributed by atoms with van der Waals surface area (Å²) in [6.45, 7) is 0.107. The topological polar surface area (TPSA) is 84.6 Å². The molecule has 3 rings (SSSR count). The zero-order valence-electron chi connectivity index (χ0n) is 13.7. The van der Waals surface area contributed by atoms with Crippen LogP contribution in [0.1, 0.15) is 22.0 Å². The zero-order valence-corrected chi connectivity index (χ0v) is 13.7. The number of rotatable bonds is 6. The molecule has 0 bridgehead atoms. The van der Waals surface area contributed by atoms with Crippen molar-refractivity contribution in [1.29, 1.82) is 0 Å². The lowest BCUT2D eigenvalue weighted by Crippen LogP contribution is -2.28. The molecule has 25 heavy (non-hydrogen) atoms. The minimum atomic E-state index is -0.812. The molecule has 2 aromatic carbocycles. The fourth-order valence-corrected chi connectivity index (χ4v) is 2.40. The average Bonchev–Trinajstić information content (AvgIpc) is 3.20. The molecule has 0 saturated heterocycles. The molecule has 0 aliphatic rings. The molecule has 6 heteroatoms. The van der Waals surface area contributed by atoms with E-state index >= 15 is 0 Å². The second-order valence-corrected chi connectivity index (χ2v) is 5.45. The lowest BCUT2D eigenvalue weighted by molar-refractivity contribution is 0.0916. The van der Waals surface area contributed by atoms with Crippen LogP contribution < -0.4 is 10.1 Å². The van der Waals surface area contributed by atoms with Crippen molar-refractivity contribution in [1.82, 2.24) is 10.3 Å². The molecule has 0 saturated carbocycles. The van der Waals surface area contributed by atoms with Gasteiger partial charge in [0, 0.05) is 17.7 Å². The Labute approximate surface area is 145 Å². The van der Waals surface area contributed by atoms with Crippen LogP contribution in [0.15, 0.2) is 65.5 Å². The van der Waals surface area contributed by atoms with Crippen molar-refractivity contribution in [2.24, 2.45) is 0 Å². The molecule has 1 unspecified atom stereocenters. The molecule has 0 aliphatic carbocycles. The Bertz CT molecular complexity index is 829. The van der Waals surface area contributed by atoms with Gasteiger partial charge in [0.05, 0.1) is 19.4 Å². The molecule has 0 fully saturated rings. The summed E-state index contributed by atoms with van der Waals surface area (Å²) in [4.78, 5) is 16.1. The summed E-state index contributed by atoms with van der Waals surface area (Å²) < 4.78 is 10.3. The van der Waals surface area contributed by atoms with E-state index in [9.17, 15) is 9.90 Å². The summed E-state index contributed by atoms with van der Waals surface area (Å²) in [6.07, 6.45) is 2.16. The smallest absolute Gasteiger partial charge is 0.251 e. The van der Waals surface area contributed by atoms with Gasteiger partial charge in [-0.2, -0.15) is 0 Å². The van der Waals surface area contributed by atoms with Crippen molar-refractivity contribution < 1.29 is 19.1 Å². The summed E-state index contributed by atoms with van der Waals surface area (Å²) in [5.41, 5.74) is 2.02. The number of aliphatic hydroxyl groups is 1. The molecular formula is C19H18N2O4. The Hall–Kier alpha value is -3.12. The average molecular weight is 338 g/mol. The minimum absolute atomic E-state index is 0.107. The van der Waals surface area contributed by atoms with Crippen molar-refractivity contribution in [3.05, 3.63) is 72.2 Å². The number of aromatic nitrogens is 1. The van der Waals surface area contributed by atoms with E-state index in [1.165, 1.54) is 6.39 Å². The number of hydrogen-bond acceptors (Lipinski definition) is 5. The molecule has 0 aliphatic heterocycles. The maximum Gasteiger partial charge on any atom is 0.251 e. The van der Waals surface area contributed by atoms with Gasteiger partial charge in [0.1, 0.15) is 5.75 Å². The van der Waals surface area contributed by atoms with Gasteiger partial charge in [-0.3, -0.25) is 4.79 Å². The van der Waals surface area contributed by atoms with Gasteiger partial charge in [0.25, 0.3) is 5.91 Å². The first-order chi connectivity index (χ1) is 12.2. The molecule has 1 heterocycles. The van der Waals surface area contributed by atoms with Gasteiger partial charge in [-0.15, -0.1) is 0 Å². The van der Waals surface area contributed by atoms with E-state index in [1.807, 2.05) is 0 Å². The van der Waals surface area contributed by atoms with Crippen LogP contribution in [0, 0.1) is 0 Å². The predicted molar refractivity (Wildman–Crippen MR) is 92.2 cm³/mol. The number of amides is 1. The molecule has 128 valence electrons. The minimum Gasteiger partial charge on any atom is -0.497 e. The number of carbonyl (C=O) groups is 1. The Morgan fingerprint density at radius 1 is 1.28 bits per heavy atom. The van der Waals surface area contributed by atoms with E-state index in [-0.39, 0.29) is 12.5 Å². The Kier molecular flexibility index (Phi) is 5.11. The van der Waals surface area contributed by atoms with Gasteiger partial charge in [0.2, 0.25) is 0 Å².